The van der Waals surface area contributed by atoms with E-state index in [0.29, 0.717) is 40.6 Å². The Kier molecular flexibility index (Phi) is 4.98. The molecular formula is C16H16Cl2N4O. The first-order valence-corrected chi connectivity index (χ1v) is 8.18. The third-order valence-electron chi connectivity index (χ3n) is 3.51. The summed E-state index contributed by atoms with van der Waals surface area (Å²) in [5, 5.41) is 7.23. The van der Waals surface area contributed by atoms with E-state index >= 15 is 0 Å². The van der Waals surface area contributed by atoms with Crippen LogP contribution in [0.3, 0.4) is 0 Å². The van der Waals surface area contributed by atoms with Gasteiger partial charge in [-0.2, -0.15) is 0 Å². The molecule has 1 aromatic heterocycles. The SMILES string of the molecule is O=C(NCCc1ccc(Cl)cc1Cl)c1cnc(NC2CC2)cn1. The van der Waals surface area contributed by atoms with Gasteiger partial charge >= 0.3 is 0 Å². The molecule has 1 amide bonds. The molecule has 2 N–H and O–H groups in total. The second kappa shape index (κ2) is 7.15. The summed E-state index contributed by atoms with van der Waals surface area (Å²) in [5.41, 5.74) is 1.24. The highest BCUT2D eigenvalue weighted by Gasteiger charge is 2.21. The number of nitrogens with zero attached hydrogens (tertiary/aromatic N) is 2. The molecule has 1 aliphatic rings. The van der Waals surface area contributed by atoms with E-state index in [-0.39, 0.29) is 5.91 Å². The fourth-order valence-electron chi connectivity index (χ4n) is 2.08. The van der Waals surface area contributed by atoms with Crippen LogP contribution in [0, 0.1) is 0 Å². The number of benzene rings is 1. The smallest absolute Gasteiger partial charge is 0.271 e. The van der Waals surface area contributed by atoms with Crippen molar-refractivity contribution >= 4 is 34.9 Å². The van der Waals surface area contributed by atoms with Crippen LogP contribution in [0.2, 0.25) is 10.0 Å². The van der Waals surface area contributed by atoms with E-state index in [4.69, 9.17) is 23.2 Å². The second-order valence-corrected chi connectivity index (χ2v) is 6.29. The minimum absolute atomic E-state index is 0.249. The van der Waals surface area contributed by atoms with Crippen molar-refractivity contribution in [3.05, 3.63) is 51.9 Å². The minimum Gasteiger partial charge on any atom is -0.366 e. The van der Waals surface area contributed by atoms with Crippen LogP contribution in [-0.2, 0) is 6.42 Å². The largest absolute Gasteiger partial charge is 0.366 e. The summed E-state index contributed by atoms with van der Waals surface area (Å²) in [7, 11) is 0. The molecule has 0 atom stereocenters. The van der Waals surface area contributed by atoms with E-state index in [0.717, 1.165) is 18.4 Å². The van der Waals surface area contributed by atoms with Gasteiger partial charge in [0.25, 0.3) is 5.91 Å². The van der Waals surface area contributed by atoms with Crippen LogP contribution in [0.25, 0.3) is 0 Å². The Labute approximate surface area is 144 Å². The standard InChI is InChI=1S/C16H16Cl2N4O/c17-11-2-1-10(13(18)7-11)5-6-19-16(23)14-8-21-15(9-20-14)22-12-3-4-12/h1-2,7-9,12H,3-6H2,(H,19,23)(H,21,22). The summed E-state index contributed by atoms with van der Waals surface area (Å²) in [4.78, 5) is 20.4. The topological polar surface area (TPSA) is 66.9 Å². The fourth-order valence-corrected chi connectivity index (χ4v) is 2.59. The second-order valence-electron chi connectivity index (χ2n) is 5.45. The Morgan fingerprint density at radius 1 is 1.22 bits per heavy atom. The predicted octanol–water partition coefficient (Wildman–Crippen LogP) is 3.33. The average molecular weight is 351 g/mol. The van der Waals surface area contributed by atoms with Gasteiger partial charge in [-0.25, -0.2) is 9.97 Å². The molecule has 1 heterocycles. The van der Waals surface area contributed by atoms with Gasteiger partial charge in [-0.05, 0) is 37.0 Å². The molecule has 0 aliphatic heterocycles. The van der Waals surface area contributed by atoms with Crippen LogP contribution in [0.1, 0.15) is 28.9 Å². The van der Waals surface area contributed by atoms with E-state index in [1.807, 2.05) is 6.07 Å². The van der Waals surface area contributed by atoms with Gasteiger partial charge in [0.15, 0.2) is 0 Å². The number of hydrogen-bond acceptors (Lipinski definition) is 4. The van der Waals surface area contributed by atoms with Crippen LogP contribution in [0.15, 0.2) is 30.6 Å². The summed E-state index contributed by atoms with van der Waals surface area (Å²) in [6, 6.07) is 5.83. The number of amides is 1. The molecule has 7 heteroatoms. The molecule has 0 bridgehead atoms. The van der Waals surface area contributed by atoms with Crippen LogP contribution >= 0.6 is 23.2 Å². The van der Waals surface area contributed by atoms with Crippen molar-refractivity contribution in [1.82, 2.24) is 15.3 Å². The Balaban J connectivity index is 1.50. The molecular weight excluding hydrogens is 335 g/mol. The van der Waals surface area contributed by atoms with Crippen LogP contribution < -0.4 is 10.6 Å². The lowest BCUT2D eigenvalue weighted by molar-refractivity contribution is 0.0949. The average Bonchev–Trinajstić information content (AvgIpc) is 3.34. The number of aromatic nitrogens is 2. The normalized spacial score (nSPS) is 13.7. The molecule has 1 saturated carbocycles. The number of carbonyl (C=O) groups is 1. The zero-order chi connectivity index (χ0) is 16.2. The Morgan fingerprint density at radius 2 is 2.04 bits per heavy atom. The third-order valence-corrected chi connectivity index (χ3v) is 4.10. The first-order chi connectivity index (χ1) is 11.1. The quantitative estimate of drug-likeness (QED) is 0.838. The van der Waals surface area contributed by atoms with Crippen molar-refractivity contribution in [1.29, 1.82) is 0 Å². The molecule has 3 rings (SSSR count). The van der Waals surface area contributed by atoms with Gasteiger partial charge in [0.05, 0.1) is 12.4 Å². The van der Waals surface area contributed by atoms with Gasteiger partial charge in [0, 0.05) is 22.6 Å². The molecule has 0 radical (unpaired) electrons. The van der Waals surface area contributed by atoms with Crippen molar-refractivity contribution in [3.8, 4) is 0 Å². The van der Waals surface area contributed by atoms with Crippen molar-refractivity contribution in [3.63, 3.8) is 0 Å². The van der Waals surface area contributed by atoms with Crippen LogP contribution in [0.4, 0.5) is 5.82 Å². The van der Waals surface area contributed by atoms with Crippen molar-refractivity contribution in [2.75, 3.05) is 11.9 Å². The minimum atomic E-state index is -0.249. The molecule has 0 unspecified atom stereocenters. The number of carbonyl (C=O) groups excluding carboxylic acids is 1. The number of rotatable bonds is 6. The highest BCUT2D eigenvalue weighted by Crippen LogP contribution is 2.23. The molecule has 1 aromatic carbocycles. The van der Waals surface area contributed by atoms with Gasteiger partial charge in [0.1, 0.15) is 11.5 Å². The Morgan fingerprint density at radius 3 is 2.70 bits per heavy atom. The van der Waals surface area contributed by atoms with E-state index in [9.17, 15) is 4.79 Å². The predicted molar refractivity (Wildman–Crippen MR) is 91.2 cm³/mol. The maximum absolute atomic E-state index is 12.0. The lowest BCUT2D eigenvalue weighted by atomic mass is 10.1. The van der Waals surface area contributed by atoms with Crippen LogP contribution in [-0.4, -0.2) is 28.5 Å². The lowest BCUT2D eigenvalue weighted by Crippen LogP contribution is -2.26. The summed E-state index contributed by atoms with van der Waals surface area (Å²) in [6.07, 6.45) is 6.02. The van der Waals surface area contributed by atoms with Crippen molar-refractivity contribution in [2.24, 2.45) is 0 Å². The van der Waals surface area contributed by atoms with E-state index in [2.05, 4.69) is 20.6 Å². The molecule has 23 heavy (non-hydrogen) atoms. The summed E-state index contributed by atoms with van der Waals surface area (Å²) in [5.74, 6) is 0.456. The van der Waals surface area contributed by atoms with Gasteiger partial charge in [-0.3, -0.25) is 4.79 Å². The first kappa shape index (κ1) is 16.0. The summed E-state index contributed by atoms with van der Waals surface area (Å²) < 4.78 is 0. The Hall–Kier alpha value is -1.85. The molecule has 1 fully saturated rings. The van der Waals surface area contributed by atoms with Gasteiger partial charge in [-0.15, -0.1) is 0 Å². The van der Waals surface area contributed by atoms with Crippen LogP contribution in [0.5, 0.6) is 0 Å². The van der Waals surface area contributed by atoms with E-state index in [1.54, 1.807) is 18.3 Å². The van der Waals surface area contributed by atoms with Gasteiger partial charge in [0.2, 0.25) is 0 Å². The van der Waals surface area contributed by atoms with Crippen molar-refractivity contribution < 1.29 is 4.79 Å². The number of nitrogens with one attached hydrogen (secondary N) is 2. The number of anilines is 1. The van der Waals surface area contributed by atoms with Gasteiger partial charge in [-0.1, -0.05) is 29.3 Å². The Bertz CT molecular complexity index is 702. The third kappa shape index (κ3) is 4.56. The zero-order valence-electron chi connectivity index (χ0n) is 12.4. The monoisotopic (exact) mass is 350 g/mol. The van der Waals surface area contributed by atoms with E-state index < -0.39 is 0 Å². The zero-order valence-corrected chi connectivity index (χ0v) is 13.9. The maximum atomic E-state index is 12.0. The number of hydrogen-bond donors (Lipinski definition) is 2. The lowest BCUT2D eigenvalue weighted by Gasteiger charge is -2.07. The summed E-state index contributed by atoms with van der Waals surface area (Å²) in [6.45, 7) is 0.462. The highest BCUT2D eigenvalue weighted by atomic mass is 35.5. The molecule has 0 spiro atoms. The summed E-state index contributed by atoms with van der Waals surface area (Å²) >= 11 is 12.0. The molecule has 120 valence electrons. The molecule has 1 aliphatic carbocycles. The highest BCUT2D eigenvalue weighted by molar-refractivity contribution is 6.35. The maximum Gasteiger partial charge on any atom is 0.271 e. The van der Waals surface area contributed by atoms with Crippen molar-refractivity contribution in [2.45, 2.75) is 25.3 Å². The number of halogens is 2. The first-order valence-electron chi connectivity index (χ1n) is 7.42. The van der Waals surface area contributed by atoms with Gasteiger partial charge < -0.3 is 10.6 Å². The molecule has 5 nitrogen and oxygen atoms in total. The molecule has 0 saturated heterocycles. The molecule has 2 aromatic rings. The fraction of sp³-hybridized carbons (Fsp3) is 0.312. The van der Waals surface area contributed by atoms with E-state index in [1.165, 1.54) is 6.20 Å².